The third-order valence-electron chi connectivity index (χ3n) is 5.07. The van der Waals surface area contributed by atoms with Crippen molar-refractivity contribution in [2.24, 2.45) is 4.99 Å². The summed E-state index contributed by atoms with van der Waals surface area (Å²) >= 11 is 0. The molecule has 0 spiro atoms. The van der Waals surface area contributed by atoms with Crippen LogP contribution in [-0.4, -0.2) is 71.1 Å². The molecule has 1 saturated heterocycles. The molecule has 2 N–H and O–H groups in total. The number of hydrogen-bond acceptors (Lipinski definition) is 5. The van der Waals surface area contributed by atoms with Crippen molar-refractivity contribution in [3.63, 3.8) is 0 Å². The lowest BCUT2D eigenvalue weighted by Crippen LogP contribution is -2.53. The zero-order chi connectivity index (χ0) is 17.8. The Labute approximate surface area is 150 Å². The first-order chi connectivity index (χ1) is 12.1. The van der Waals surface area contributed by atoms with Gasteiger partial charge in [-0.2, -0.15) is 5.10 Å². The van der Waals surface area contributed by atoms with Crippen molar-refractivity contribution in [1.82, 2.24) is 30.3 Å². The van der Waals surface area contributed by atoms with Gasteiger partial charge in [-0.25, -0.2) is 9.67 Å². The fraction of sp³-hybridized carbons (Fsp3) is 0.824. The molecule has 0 aliphatic carbocycles. The van der Waals surface area contributed by atoms with Crippen molar-refractivity contribution >= 4 is 5.96 Å². The summed E-state index contributed by atoms with van der Waals surface area (Å²) in [5.74, 6) is 2.68. The fourth-order valence-electron chi connectivity index (χ4n) is 3.72. The summed E-state index contributed by atoms with van der Waals surface area (Å²) < 4.78 is 7.55. The molecule has 0 aromatic carbocycles. The van der Waals surface area contributed by atoms with Crippen LogP contribution in [0.5, 0.6) is 0 Å². The monoisotopic (exact) mass is 349 g/mol. The second-order valence-electron chi connectivity index (χ2n) is 7.04. The molecule has 3 unspecified atom stereocenters. The molecule has 1 aromatic heterocycles. The highest BCUT2D eigenvalue weighted by molar-refractivity contribution is 5.80. The maximum absolute atomic E-state index is 5.53. The maximum atomic E-state index is 5.53. The Morgan fingerprint density at radius 1 is 1.44 bits per heavy atom. The minimum absolute atomic E-state index is 0.166. The zero-order valence-corrected chi connectivity index (χ0v) is 15.8. The highest BCUT2D eigenvalue weighted by atomic mass is 16.5. The van der Waals surface area contributed by atoms with Crippen molar-refractivity contribution in [2.75, 3.05) is 33.4 Å². The number of hydrogen-bond donors (Lipinski definition) is 2. The van der Waals surface area contributed by atoms with E-state index in [9.17, 15) is 0 Å². The molecule has 0 bridgehead atoms. The van der Waals surface area contributed by atoms with Crippen LogP contribution < -0.4 is 10.6 Å². The highest BCUT2D eigenvalue weighted by Crippen LogP contribution is 2.22. The number of ether oxygens (including phenoxy) is 1. The van der Waals surface area contributed by atoms with Crippen molar-refractivity contribution in [1.29, 1.82) is 0 Å². The number of nitrogens with one attached hydrogen (secondary N) is 2. The van der Waals surface area contributed by atoms with E-state index in [0.717, 1.165) is 63.3 Å². The van der Waals surface area contributed by atoms with Gasteiger partial charge in [0.15, 0.2) is 5.96 Å². The van der Waals surface area contributed by atoms with E-state index in [1.807, 2.05) is 18.7 Å². The predicted molar refractivity (Wildman–Crippen MR) is 97.7 cm³/mol. The van der Waals surface area contributed by atoms with Gasteiger partial charge >= 0.3 is 0 Å². The summed E-state index contributed by atoms with van der Waals surface area (Å²) in [7, 11) is 1.82. The molecule has 140 valence electrons. The Bertz CT molecular complexity index is 600. The van der Waals surface area contributed by atoms with Crippen molar-refractivity contribution in [2.45, 2.75) is 58.3 Å². The molecule has 1 aromatic rings. The van der Waals surface area contributed by atoms with Gasteiger partial charge in [0.2, 0.25) is 0 Å². The van der Waals surface area contributed by atoms with Gasteiger partial charge in [0.25, 0.3) is 0 Å². The average Bonchev–Trinajstić information content (AvgIpc) is 2.99. The number of fused-ring (bicyclic) bond motifs is 1. The van der Waals surface area contributed by atoms with Gasteiger partial charge in [-0.1, -0.05) is 0 Å². The van der Waals surface area contributed by atoms with Gasteiger partial charge in [-0.05, 0) is 33.6 Å². The number of rotatable bonds is 4. The smallest absolute Gasteiger partial charge is 0.191 e. The van der Waals surface area contributed by atoms with Crippen LogP contribution in [-0.2, 0) is 11.3 Å². The first kappa shape index (κ1) is 18.1. The van der Waals surface area contributed by atoms with Crippen LogP contribution in [0, 0.1) is 6.92 Å². The maximum Gasteiger partial charge on any atom is 0.191 e. The van der Waals surface area contributed by atoms with E-state index in [-0.39, 0.29) is 6.04 Å². The van der Waals surface area contributed by atoms with E-state index >= 15 is 0 Å². The van der Waals surface area contributed by atoms with E-state index in [0.29, 0.717) is 12.1 Å². The molecule has 25 heavy (non-hydrogen) atoms. The van der Waals surface area contributed by atoms with E-state index in [1.165, 1.54) is 0 Å². The topological polar surface area (TPSA) is 79.6 Å². The van der Waals surface area contributed by atoms with Crippen LogP contribution in [0.4, 0.5) is 0 Å². The van der Waals surface area contributed by atoms with Crippen LogP contribution in [0.2, 0.25) is 0 Å². The van der Waals surface area contributed by atoms with Crippen molar-refractivity contribution in [3.05, 3.63) is 11.6 Å². The van der Waals surface area contributed by atoms with Gasteiger partial charge < -0.3 is 15.4 Å². The normalized spacial score (nSPS) is 26.2. The van der Waals surface area contributed by atoms with E-state index < -0.39 is 0 Å². The lowest BCUT2D eigenvalue weighted by Gasteiger charge is -2.38. The van der Waals surface area contributed by atoms with Gasteiger partial charge in [0.05, 0.1) is 19.3 Å². The van der Waals surface area contributed by atoms with Gasteiger partial charge in [-0.3, -0.25) is 9.89 Å². The molecule has 3 rings (SSSR count). The van der Waals surface area contributed by atoms with Crippen molar-refractivity contribution in [3.8, 4) is 0 Å². The van der Waals surface area contributed by atoms with Crippen molar-refractivity contribution < 1.29 is 4.74 Å². The molecular weight excluding hydrogens is 318 g/mol. The summed E-state index contributed by atoms with van der Waals surface area (Å²) in [4.78, 5) is 11.5. The van der Waals surface area contributed by atoms with E-state index in [1.54, 1.807) is 0 Å². The van der Waals surface area contributed by atoms with E-state index in [4.69, 9.17) is 4.74 Å². The molecule has 1 fully saturated rings. The molecular formula is C17H31N7O. The van der Waals surface area contributed by atoms with Crippen LogP contribution in [0.15, 0.2) is 4.99 Å². The SMILES string of the molecule is CN=C(NCC(C)N1CCOCC1C)NC1CCCn2nc(C)nc21. The summed E-state index contributed by atoms with van der Waals surface area (Å²) in [5, 5.41) is 11.5. The lowest BCUT2D eigenvalue weighted by atomic mass is 10.1. The molecule has 0 saturated carbocycles. The molecule has 2 aliphatic rings. The first-order valence-corrected chi connectivity index (χ1v) is 9.30. The fourth-order valence-corrected chi connectivity index (χ4v) is 3.72. The van der Waals surface area contributed by atoms with Crippen LogP contribution in [0.25, 0.3) is 0 Å². The largest absolute Gasteiger partial charge is 0.379 e. The quantitative estimate of drug-likeness (QED) is 0.615. The minimum Gasteiger partial charge on any atom is -0.379 e. The summed E-state index contributed by atoms with van der Waals surface area (Å²) in [5.41, 5.74) is 0. The van der Waals surface area contributed by atoms with Gasteiger partial charge in [-0.15, -0.1) is 0 Å². The zero-order valence-electron chi connectivity index (χ0n) is 15.8. The Hall–Kier alpha value is -1.67. The Balaban J connectivity index is 1.55. The van der Waals surface area contributed by atoms with Gasteiger partial charge in [0.1, 0.15) is 11.6 Å². The minimum atomic E-state index is 0.166. The van der Waals surface area contributed by atoms with E-state index in [2.05, 4.69) is 44.5 Å². The van der Waals surface area contributed by atoms with Crippen LogP contribution >= 0.6 is 0 Å². The average molecular weight is 349 g/mol. The standard InChI is InChI=1S/C17H31N7O/c1-12(23-8-9-25-11-13(23)2)10-19-17(18-4)21-15-6-5-7-24-16(15)20-14(3)22-24/h12-13,15H,5-11H2,1-4H3,(H2,18,19,21). The number of aryl methyl sites for hydroxylation is 2. The number of aliphatic imine (C=N–C) groups is 1. The first-order valence-electron chi connectivity index (χ1n) is 9.30. The second-order valence-corrected chi connectivity index (χ2v) is 7.04. The third kappa shape index (κ3) is 4.30. The van der Waals surface area contributed by atoms with Gasteiger partial charge in [0, 0.05) is 38.8 Å². The summed E-state index contributed by atoms with van der Waals surface area (Å²) in [6.45, 7) is 10.8. The van der Waals surface area contributed by atoms with Crippen LogP contribution in [0.3, 0.4) is 0 Å². The molecule has 8 heteroatoms. The predicted octanol–water partition coefficient (Wildman–Crippen LogP) is 0.696. The molecule has 0 radical (unpaired) electrons. The van der Waals surface area contributed by atoms with Crippen LogP contribution in [0.1, 0.15) is 44.4 Å². The molecule has 0 amide bonds. The summed E-state index contributed by atoms with van der Waals surface area (Å²) in [6.07, 6.45) is 2.15. The summed E-state index contributed by atoms with van der Waals surface area (Å²) in [6, 6.07) is 1.05. The Kier molecular flexibility index (Phi) is 5.90. The Morgan fingerprint density at radius 3 is 3.04 bits per heavy atom. The third-order valence-corrected chi connectivity index (χ3v) is 5.07. The Morgan fingerprint density at radius 2 is 2.28 bits per heavy atom. The molecule has 8 nitrogen and oxygen atoms in total. The number of nitrogens with zero attached hydrogens (tertiary/aromatic N) is 5. The molecule has 3 heterocycles. The number of morpholine rings is 1. The molecule has 3 atom stereocenters. The lowest BCUT2D eigenvalue weighted by molar-refractivity contribution is -0.0174. The highest BCUT2D eigenvalue weighted by Gasteiger charge is 2.26. The number of aromatic nitrogens is 3. The molecule has 2 aliphatic heterocycles. The number of guanidine groups is 1. The second kappa shape index (κ2) is 8.14.